The van der Waals surface area contributed by atoms with Gasteiger partial charge in [-0.05, 0) is 31.6 Å². The van der Waals surface area contributed by atoms with E-state index in [1.807, 2.05) is 0 Å². The molecule has 1 unspecified atom stereocenters. The zero-order chi connectivity index (χ0) is 13.0. The molecule has 1 rings (SSSR count). The molecule has 0 bridgehead atoms. The predicted molar refractivity (Wildman–Crippen MR) is 65.9 cm³/mol. The summed E-state index contributed by atoms with van der Waals surface area (Å²) in [5.41, 5.74) is 0.421. The van der Waals surface area contributed by atoms with Crippen molar-refractivity contribution in [1.29, 1.82) is 0 Å². The summed E-state index contributed by atoms with van der Waals surface area (Å²) in [6, 6.07) is 0. The molecule has 0 saturated heterocycles. The first-order valence-corrected chi connectivity index (χ1v) is 6.07. The average Bonchev–Trinajstić information content (AvgIpc) is 2.31. The predicted octanol–water partition coefficient (Wildman–Crippen LogP) is 0.157. The monoisotopic (exact) mass is 240 g/mol. The van der Waals surface area contributed by atoms with Gasteiger partial charge in [-0.15, -0.1) is 0 Å². The SMILES string of the molecule is CC(C)CCc1c(CCC(O)CO)c(=O)c1=O. The molecule has 1 aromatic carbocycles. The Balaban J connectivity index is 2.63. The van der Waals surface area contributed by atoms with Crippen molar-refractivity contribution in [3.05, 3.63) is 31.6 Å². The van der Waals surface area contributed by atoms with Crippen LogP contribution in [0.2, 0.25) is 0 Å². The molecule has 0 aliphatic heterocycles. The van der Waals surface area contributed by atoms with Gasteiger partial charge in [0.2, 0.25) is 10.9 Å². The maximum Gasteiger partial charge on any atom is 0.229 e. The fourth-order valence-corrected chi connectivity index (χ4v) is 1.85. The Morgan fingerprint density at radius 2 is 1.47 bits per heavy atom. The third-order valence-corrected chi connectivity index (χ3v) is 3.03. The molecule has 17 heavy (non-hydrogen) atoms. The second kappa shape index (κ2) is 6.07. The van der Waals surface area contributed by atoms with Crippen LogP contribution in [0, 0.1) is 5.92 Å². The third-order valence-electron chi connectivity index (χ3n) is 3.03. The molecule has 4 nitrogen and oxygen atoms in total. The Hall–Kier alpha value is -1.00. The lowest BCUT2D eigenvalue weighted by Crippen LogP contribution is -2.40. The summed E-state index contributed by atoms with van der Waals surface area (Å²) in [6.07, 6.45) is 1.44. The number of aliphatic hydroxyl groups is 2. The first-order valence-electron chi connectivity index (χ1n) is 6.07. The van der Waals surface area contributed by atoms with Gasteiger partial charge in [0, 0.05) is 11.1 Å². The van der Waals surface area contributed by atoms with E-state index in [4.69, 9.17) is 5.11 Å². The lowest BCUT2D eigenvalue weighted by molar-refractivity contribution is 0.0884. The van der Waals surface area contributed by atoms with Gasteiger partial charge >= 0.3 is 0 Å². The van der Waals surface area contributed by atoms with Gasteiger partial charge in [0.05, 0.1) is 12.7 Å². The molecular formula is C13H20O4. The van der Waals surface area contributed by atoms with Gasteiger partial charge in [-0.3, -0.25) is 9.59 Å². The smallest absolute Gasteiger partial charge is 0.229 e. The van der Waals surface area contributed by atoms with Gasteiger partial charge in [-0.2, -0.15) is 0 Å². The number of hydrogen-bond acceptors (Lipinski definition) is 4. The lowest BCUT2D eigenvalue weighted by Gasteiger charge is -2.13. The van der Waals surface area contributed by atoms with Crippen LogP contribution in [0.3, 0.4) is 0 Å². The number of hydrogen-bond donors (Lipinski definition) is 2. The molecule has 0 fully saturated rings. The van der Waals surface area contributed by atoms with E-state index in [-0.39, 0.29) is 12.0 Å². The van der Waals surface area contributed by atoms with Crippen LogP contribution in [0.1, 0.15) is 37.8 Å². The molecule has 0 spiro atoms. The fraction of sp³-hybridized carbons (Fsp3) is 0.692. The van der Waals surface area contributed by atoms with Crippen LogP contribution >= 0.6 is 0 Å². The Morgan fingerprint density at radius 3 is 1.88 bits per heavy atom. The quantitative estimate of drug-likeness (QED) is 0.666. The molecule has 0 aliphatic carbocycles. The minimum atomic E-state index is -0.808. The van der Waals surface area contributed by atoms with Crippen molar-refractivity contribution in [3.8, 4) is 0 Å². The van der Waals surface area contributed by atoms with Crippen molar-refractivity contribution in [2.45, 2.75) is 45.6 Å². The second-order valence-corrected chi connectivity index (χ2v) is 4.92. The van der Waals surface area contributed by atoms with Crippen molar-refractivity contribution >= 4 is 0 Å². The molecule has 0 aliphatic rings. The van der Waals surface area contributed by atoms with Crippen LogP contribution in [-0.2, 0) is 12.8 Å². The normalized spacial score (nSPS) is 13.5. The van der Waals surface area contributed by atoms with Gasteiger partial charge in [0.25, 0.3) is 0 Å². The molecular weight excluding hydrogens is 220 g/mol. The zero-order valence-corrected chi connectivity index (χ0v) is 10.4. The van der Waals surface area contributed by atoms with Crippen LogP contribution in [-0.4, -0.2) is 22.9 Å². The average molecular weight is 240 g/mol. The largest absolute Gasteiger partial charge is 0.394 e. The van der Waals surface area contributed by atoms with Crippen molar-refractivity contribution in [2.75, 3.05) is 6.61 Å². The zero-order valence-electron chi connectivity index (χ0n) is 10.4. The van der Waals surface area contributed by atoms with E-state index in [9.17, 15) is 14.7 Å². The number of aliphatic hydroxyl groups excluding tert-OH is 2. The minimum Gasteiger partial charge on any atom is -0.394 e. The molecule has 1 aromatic rings. The van der Waals surface area contributed by atoms with Crippen molar-refractivity contribution in [3.63, 3.8) is 0 Å². The summed E-state index contributed by atoms with van der Waals surface area (Å²) >= 11 is 0. The third kappa shape index (κ3) is 3.48. The van der Waals surface area contributed by atoms with Crippen molar-refractivity contribution in [2.24, 2.45) is 5.92 Å². The van der Waals surface area contributed by atoms with Crippen LogP contribution in [0.15, 0.2) is 9.59 Å². The molecule has 1 atom stereocenters. The van der Waals surface area contributed by atoms with E-state index < -0.39 is 11.5 Å². The van der Waals surface area contributed by atoms with E-state index in [1.54, 1.807) is 0 Å². The van der Waals surface area contributed by atoms with Crippen LogP contribution < -0.4 is 10.9 Å². The molecule has 96 valence electrons. The Labute approximate surface area is 101 Å². The van der Waals surface area contributed by atoms with Gasteiger partial charge < -0.3 is 10.2 Å². The van der Waals surface area contributed by atoms with E-state index in [0.717, 1.165) is 6.42 Å². The maximum absolute atomic E-state index is 11.4. The lowest BCUT2D eigenvalue weighted by atomic mass is 9.90. The first kappa shape index (κ1) is 14.1. The Morgan fingerprint density at radius 1 is 1.00 bits per heavy atom. The molecule has 0 aromatic heterocycles. The van der Waals surface area contributed by atoms with Gasteiger partial charge in [-0.25, -0.2) is 0 Å². The molecule has 4 heteroatoms. The summed E-state index contributed by atoms with van der Waals surface area (Å²) in [7, 11) is 0. The van der Waals surface area contributed by atoms with Crippen molar-refractivity contribution < 1.29 is 10.2 Å². The summed E-state index contributed by atoms with van der Waals surface area (Å²) in [5.74, 6) is 0.496. The maximum atomic E-state index is 11.4. The van der Waals surface area contributed by atoms with Gasteiger partial charge in [0.15, 0.2) is 0 Å². The summed E-state index contributed by atoms with van der Waals surface area (Å²) < 4.78 is 0. The van der Waals surface area contributed by atoms with E-state index in [2.05, 4.69) is 13.8 Å². The molecule has 2 N–H and O–H groups in total. The minimum absolute atomic E-state index is 0.309. The Kier molecular flexibility index (Phi) is 5.02. The Bertz CT molecular complexity index is 427. The highest BCUT2D eigenvalue weighted by atomic mass is 16.3. The molecule has 0 saturated carbocycles. The van der Waals surface area contributed by atoms with Crippen LogP contribution in [0.4, 0.5) is 0 Å². The second-order valence-electron chi connectivity index (χ2n) is 4.92. The van der Waals surface area contributed by atoms with Crippen molar-refractivity contribution in [1.82, 2.24) is 0 Å². The van der Waals surface area contributed by atoms with Crippen LogP contribution in [0.25, 0.3) is 0 Å². The van der Waals surface area contributed by atoms with E-state index in [0.29, 0.717) is 36.3 Å². The molecule has 0 amide bonds. The van der Waals surface area contributed by atoms with E-state index >= 15 is 0 Å². The highest BCUT2D eigenvalue weighted by molar-refractivity contribution is 5.33. The highest BCUT2D eigenvalue weighted by Gasteiger charge is 2.20. The topological polar surface area (TPSA) is 74.6 Å². The van der Waals surface area contributed by atoms with Gasteiger partial charge in [-0.1, -0.05) is 13.8 Å². The first-order chi connectivity index (χ1) is 7.97. The highest BCUT2D eigenvalue weighted by Crippen LogP contribution is 2.11. The molecule has 0 heterocycles. The van der Waals surface area contributed by atoms with Gasteiger partial charge in [0.1, 0.15) is 0 Å². The number of rotatable bonds is 7. The summed E-state index contributed by atoms with van der Waals surface area (Å²) in [6.45, 7) is 3.83. The summed E-state index contributed by atoms with van der Waals surface area (Å²) in [4.78, 5) is 22.7. The standard InChI is InChI=1S/C13H20O4/c1-8(2)3-5-10-11(13(17)12(10)16)6-4-9(15)7-14/h8-9,14-15H,3-7H2,1-2H3. The van der Waals surface area contributed by atoms with E-state index in [1.165, 1.54) is 0 Å². The summed E-state index contributed by atoms with van der Waals surface area (Å²) in [5, 5.41) is 17.9. The fourth-order valence-electron chi connectivity index (χ4n) is 1.85. The van der Waals surface area contributed by atoms with Crippen LogP contribution in [0.5, 0.6) is 0 Å². The molecule has 0 radical (unpaired) electrons.